The van der Waals surface area contributed by atoms with E-state index in [2.05, 4.69) is 4.98 Å². The van der Waals surface area contributed by atoms with Crippen LogP contribution in [0.1, 0.15) is 5.56 Å². The Morgan fingerprint density at radius 1 is 1.73 bits per heavy atom. The lowest BCUT2D eigenvalue weighted by molar-refractivity contribution is 1.20. The molecule has 0 amide bonds. The van der Waals surface area contributed by atoms with Crippen molar-refractivity contribution in [1.29, 1.82) is 5.26 Å². The number of nitrogens with zero attached hydrogens (tertiary/aromatic N) is 2. The lowest BCUT2D eigenvalue weighted by atomic mass is 10.2. The average molecular weight is 168 g/mol. The average Bonchev–Trinajstić information content (AvgIpc) is 1.98. The van der Waals surface area contributed by atoms with Crippen molar-refractivity contribution in [3.8, 4) is 6.07 Å². The van der Waals surface area contributed by atoms with E-state index in [4.69, 9.17) is 22.6 Å². The van der Waals surface area contributed by atoms with Crippen LogP contribution in [0.4, 0.5) is 5.82 Å². The fourth-order valence-corrected chi connectivity index (χ4v) is 0.899. The van der Waals surface area contributed by atoms with Gasteiger partial charge in [0.15, 0.2) is 0 Å². The Labute approximate surface area is 69.4 Å². The molecule has 0 unspecified atom stereocenters. The first-order valence-corrected chi connectivity index (χ1v) is 3.38. The van der Waals surface area contributed by atoms with Gasteiger partial charge in [-0.2, -0.15) is 5.26 Å². The second-order valence-electron chi connectivity index (χ2n) is 2.03. The number of nitrogens with two attached hydrogens (primary N) is 1. The van der Waals surface area contributed by atoms with Gasteiger partial charge >= 0.3 is 0 Å². The second-order valence-corrected chi connectivity index (χ2v) is 2.47. The summed E-state index contributed by atoms with van der Waals surface area (Å²) in [5.74, 6) is 0.371. The van der Waals surface area contributed by atoms with E-state index in [9.17, 15) is 0 Å². The quantitative estimate of drug-likeness (QED) is 0.688. The summed E-state index contributed by atoms with van der Waals surface area (Å²) in [7, 11) is 0. The van der Waals surface area contributed by atoms with Gasteiger partial charge in [0, 0.05) is 11.8 Å². The van der Waals surface area contributed by atoms with Crippen LogP contribution < -0.4 is 5.73 Å². The first-order chi connectivity index (χ1) is 5.24. The van der Waals surface area contributed by atoms with Crippen LogP contribution in [0, 0.1) is 11.3 Å². The van der Waals surface area contributed by atoms with Gasteiger partial charge in [-0.1, -0.05) is 11.6 Å². The van der Waals surface area contributed by atoms with E-state index in [-0.39, 0.29) is 6.42 Å². The van der Waals surface area contributed by atoms with Crippen LogP contribution >= 0.6 is 11.6 Å². The zero-order valence-corrected chi connectivity index (χ0v) is 6.47. The SMILES string of the molecule is N#CCc1cc(Cl)cnc1N. The Balaban J connectivity index is 3.05. The minimum atomic E-state index is 0.249. The molecule has 0 radical (unpaired) electrons. The first kappa shape index (κ1) is 7.83. The van der Waals surface area contributed by atoms with Crippen molar-refractivity contribution in [2.45, 2.75) is 6.42 Å². The van der Waals surface area contributed by atoms with Gasteiger partial charge in [0.25, 0.3) is 0 Å². The summed E-state index contributed by atoms with van der Waals surface area (Å²) in [6.07, 6.45) is 1.71. The third-order valence-electron chi connectivity index (χ3n) is 1.24. The molecule has 0 aliphatic carbocycles. The van der Waals surface area contributed by atoms with Crippen LogP contribution in [0.3, 0.4) is 0 Å². The number of halogens is 1. The summed E-state index contributed by atoms with van der Waals surface area (Å²) in [6, 6.07) is 3.62. The second kappa shape index (κ2) is 3.22. The lowest BCUT2D eigenvalue weighted by Crippen LogP contribution is -1.96. The molecule has 0 aliphatic heterocycles. The highest BCUT2D eigenvalue weighted by Crippen LogP contribution is 2.14. The standard InChI is InChI=1S/C7H6ClN3/c8-6-3-5(1-2-9)7(10)11-4-6/h3-4H,1H2,(H2,10,11). The molecular weight excluding hydrogens is 162 g/mol. The van der Waals surface area contributed by atoms with Gasteiger partial charge in [0.2, 0.25) is 0 Å². The molecule has 0 aliphatic rings. The van der Waals surface area contributed by atoms with E-state index in [1.807, 2.05) is 6.07 Å². The zero-order chi connectivity index (χ0) is 8.27. The van der Waals surface area contributed by atoms with Crippen molar-refractivity contribution >= 4 is 17.4 Å². The summed E-state index contributed by atoms with van der Waals surface area (Å²) in [6.45, 7) is 0. The van der Waals surface area contributed by atoms with Crippen molar-refractivity contribution in [2.24, 2.45) is 0 Å². The van der Waals surface area contributed by atoms with E-state index in [1.54, 1.807) is 6.07 Å². The Hall–Kier alpha value is -1.27. The molecule has 0 aromatic carbocycles. The van der Waals surface area contributed by atoms with Gasteiger partial charge in [-0.25, -0.2) is 4.98 Å². The predicted molar refractivity (Wildman–Crippen MR) is 43.0 cm³/mol. The molecule has 0 fully saturated rings. The number of aromatic nitrogens is 1. The third kappa shape index (κ3) is 1.82. The zero-order valence-electron chi connectivity index (χ0n) is 5.71. The van der Waals surface area contributed by atoms with E-state index >= 15 is 0 Å². The van der Waals surface area contributed by atoms with Gasteiger partial charge in [0.1, 0.15) is 5.82 Å². The smallest absolute Gasteiger partial charge is 0.127 e. The fourth-order valence-electron chi connectivity index (χ4n) is 0.719. The normalized spacial score (nSPS) is 9.09. The summed E-state index contributed by atoms with van der Waals surface area (Å²) in [4.78, 5) is 3.79. The number of nitriles is 1. The molecule has 0 atom stereocenters. The van der Waals surface area contributed by atoms with E-state index in [0.29, 0.717) is 16.4 Å². The summed E-state index contributed by atoms with van der Waals surface area (Å²) >= 11 is 5.63. The molecule has 1 aromatic heterocycles. The molecule has 0 bridgehead atoms. The molecule has 4 heteroatoms. The van der Waals surface area contributed by atoms with Crippen molar-refractivity contribution in [2.75, 3.05) is 5.73 Å². The molecular formula is C7H6ClN3. The maximum absolute atomic E-state index is 8.36. The molecule has 1 heterocycles. The number of pyridine rings is 1. The van der Waals surface area contributed by atoms with Crippen LogP contribution in [0.5, 0.6) is 0 Å². The van der Waals surface area contributed by atoms with Crippen LogP contribution in [-0.4, -0.2) is 4.98 Å². The highest BCUT2D eigenvalue weighted by Gasteiger charge is 1.99. The van der Waals surface area contributed by atoms with E-state index in [1.165, 1.54) is 6.20 Å². The van der Waals surface area contributed by atoms with Gasteiger partial charge in [0.05, 0.1) is 17.5 Å². The molecule has 3 nitrogen and oxygen atoms in total. The van der Waals surface area contributed by atoms with Crippen LogP contribution in [0.25, 0.3) is 0 Å². The molecule has 11 heavy (non-hydrogen) atoms. The van der Waals surface area contributed by atoms with Crippen molar-refractivity contribution in [3.05, 3.63) is 22.8 Å². The highest BCUT2D eigenvalue weighted by molar-refractivity contribution is 6.30. The molecule has 56 valence electrons. The maximum Gasteiger partial charge on any atom is 0.127 e. The minimum absolute atomic E-state index is 0.249. The molecule has 0 saturated carbocycles. The van der Waals surface area contributed by atoms with Crippen LogP contribution in [0.2, 0.25) is 5.02 Å². The highest BCUT2D eigenvalue weighted by atomic mass is 35.5. The monoisotopic (exact) mass is 167 g/mol. The lowest BCUT2D eigenvalue weighted by Gasteiger charge is -1.98. The summed E-state index contributed by atoms with van der Waals surface area (Å²) in [5, 5.41) is 8.86. The number of rotatable bonds is 1. The number of nitrogen functional groups attached to an aromatic ring is 1. The van der Waals surface area contributed by atoms with E-state index < -0.39 is 0 Å². The molecule has 1 rings (SSSR count). The minimum Gasteiger partial charge on any atom is -0.383 e. The number of hydrogen-bond acceptors (Lipinski definition) is 3. The van der Waals surface area contributed by atoms with Crippen LogP contribution in [-0.2, 0) is 6.42 Å². The molecule has 0 spiro atoms. The first-order valence-electron chi connectivity index (χ1n) is 3.01. The Bertz CT molecular complexity index is 303. The van der Waals surface area contributed by atoms with Gasteiger partial charge in [-0.15, -0.1) is 0 Å². The van der Waals surface area contributed by atoms with Gasteiger partial charge in [-0.05, 0) is 6.07 Å². The summed E-state index contributed by atoms with van der Waals surface area (Å²) < 4.78 is 0. The number of hydrogen-bond donors (Lipinski definition) is 1. The molecule has 2 N–H and O–H groups in total. The Morgan fingerprint density at radius 2 is 2.45 bits per heavy atom. The Kier molecular flexibility index (Phi) is 2.29. The van der Waals surface area contributed by atoms with Crippen LogP contribution in [0.15, 0.2) is 12.3 Å². The van der Waals surface area contributed by atoms with E-state index in [0.717, 1.165) is 0 Å². The topological polar surface area (TPSA) is 62.7 Å². The predicted octanol–water partition coefficient (Wildman–Crippen LogP) is 1.38. The third-order valence-corrected chi connectivity index (χ3v) is 1.44. The molecule has 0 saturated heterocycles. The van der Waals surface area contributed by atoms with Crippen molar-refractivity contribution in [3.63, 3.8) is 0 Å². The van der Waals surface area contributed by atoms with Gasteiger partial charge in [-0.3, -0.25) is 0 Å². The maximum atomic E-state index is 8.36. The molecule has 1 aromatic rings. The van der Waals surface area contributed by atoms with Crippen molar-refractivity contribution in [1.82, 2.24) is 4.98 Å². The van der Waals surface area contributed by atoms with Crippen molar-refractivity contribution < 1.29 is 0 Å². The Morgan fingerprint density at radius 3 is 3.09 bits per heavy atom. The number of anilines is 1. The summed E-state index contributed by atoms with van der Waals surface area (Å²) in [5.41, 5.74) is 6.14. The largest absolute Gasteiger partial charge is 0.383 e. The fraction of sp³-hybridized carbons (Fsp3) is 0.143. The van der Waals surface area contributed by atoms with Gasteiger partial charge < -0.3 is 5.73 Å².